The Balaban J connectivity index is 3.57. The van der Waals surface area contributed by atoms with Crippen LogP contribution in [0.3, 0.4) is 0 Å². The van der Waals surface area contributed by atoms with Gasteiger partial charge in [-0.25, -0.2) is 0 Å². The fourth-order valence-corrected chi connectivity index (χ4v) is 0. The van der Waals surface area contributed by atoms with E-state index < -0.39 is 10.3 Å². The maximum absolute atomic E-state index is 9.56. The summed E-state index contributed by atoms with van der Waals surface area (Å²) in [6.45, 7) is 0. The summed E-state index contributed by atoms with van der Waals surface area (Å²) in [5, 5.41) is 7.65. The molecule has 35 valence electrons. The minimum atomic E-state index is -1.37. The van der Waals surface area contributed by atoms with Gasteiger partial charge in [0, 0.05) is 0 Å². The number of carboxylic acids is 1. The first kappa shape index (κ1) is 5.78. The standard InChI is InChI=1S/C2HO3.Os/c3-1-2(4)5;/h(H,4,5);. The van der Waals surface area contributed by atoms with Crippen molar-refractivity contribution in [2.75, 3.05) is 0 Å². The predicted molar refractivity (Wildman–Crippen MR) is 12.6 cm³/mol. The van der Waals surface area contributed by atoms with Crippen LogP contribution in [0.1, 0.15) is 0 Å². The van der Waals surface area contributed by atoms with Crippen molar-refractivity contribution >= 4 is 10.3 Å². The number of carbonyl (C=O) groups is 2. The molecule has 3 nitrogen and oxygen atoms in total. The van der Waals surface area contributed by atoms with Crippen molar-refractivity contribution < 1.29 is 33.3 Å². The second-order valence-electron chi connectivity index (χ2n) is 0.568. The Morgan fingerprint density at radius 3 is 1.67 bits per heavy atom. The monoisotopic (exact) mass is 265 g/mol. The Hall–Kier alpha value is -0.224. The number of carboxylic acid groups (broad SMARTS) is 1. The first-order valence-electron chi connectivity index (χ1n) is 1.06. The Morgan fingerprint density at radius 1 is 1.50 bits per heavy atom. The second-order valence-corrected chi connectivity index (χ2v) is 1.72. The number of hydrogen-bond donors (Lipinski definition) is 1. The van der Waals surface area contributed by atoms with E-state index in [0.29, 0.717) is 0 Å². The zero-order valence-corrected chi connectivity index (χ0v) is 5.16. The summed E-state index contributed by atoms with van der Waals surface area (Å²) in [5.41, 5.74) is 0. The normalized spacial score (nSPS) is 7.50. The summed E-state index contributed by atoms with van der Waals surface area (Å²) < 4.78 is -0.796. The molecule has 0 unspecified atom stereocenters. The molecule has 0 saturated heterocycles. The molecule has 4 heteroatoms. The predicted octanol–water partition coefficient (Wildman–Crippen LogP) is -0.856. The Labute approximate surface area is 44.3 Å². The molecule has 0 aliphatic carbocycles. The van der Waals surface area contributed by atoms with Crippen LogP contribution in [-0.2, 0) is 28.2 Å². The molecule has 0 rings (SSSR count). The van der Waals surface area contributed by atoms with Crippen molar-refractivity contribution in [3.8, 4) is 0 Å². The molecule has 0 saturated carbocycles. The van der Waals surface area contributed by atoms with Gasteiger partial charge < -0.3 is 0 Å². The van der Waals surface area contributed by atoms with Crippen molar-refractivity contribution in [2.24, 2.45) is 0 Å². The molecule has 0 aromatic rings. The molecule has 0 aliphatic heterocycles. The van der Waals surface area contributed by atoms with Gasteiger partial charge in [-0.05, 0) is 0 Å². The molecular weight excluding hydrogens is 262 g/mol. The molecule has 0 aromatic carbocycles. The number of rotatable bonds is 1. The van der Waals surface area contributed by atoms with Crippen LogP contribution >= 0.6 is 0 Å². The van der Waals surface area contributed by atoms with Gasteiger partial charge >= 0.3 is 43.6 Å². The molecule has 0 heterocycles. The Kier molecular flexibility index (Phi) is 1.97. The number of aliphatic carboxylic acids is 1. The molecule has 0 atom stereocenters. The van der Waals surface area contributed by atoms with Gasteiger partial charge in [-0.2, -0.15) is 0 Å². The summed E-state index contributed by atoms with van der Waals surface area (Å²) in [4.78, 5) is 18.9. The maximum atomic E-state index is 9.56. The van der Waals surface area contributed by atoms with Gasteiger partial charge in [0.15, 0.2) is 0 Å². The molecule has 0 amide bonds. The Morgan fingerprint density at radius 2 is 1.67 bits per heavy atom. The molecular formula is C2HO3Os. The summed E-state index contributed by atoms with van der Waals surface area (Å²) >= 11 is 0.825. The molecule has 0 fully saturated rings. The Bertz CT molecular complexity index is 74.8. The van der Waals surface area contributed by atoms with E-state index in [1.165, 1.54) is 0 Å². The van der Waals surface area contributed by atoms with E-state index in [1.54, 1.807) is 0 Å². The summed E-state index contributed by atoms with van der Waals surface area (Å²) in [7, 11) is 0. The van der Waals surface area contributed by atoms with Crippen LogP contribution in [0.5, 0.6) is 0 Å². The van der Waals surface area contributed by atoms with Crippen molar-refractivity contribution in [3.05, 3.63) is 0 Å². The molecule has 0 spiro atoms. The van der Waals surface area contributed by atoms with E-state index in [9.17, 15) is 9.59 Å². The van der Waals surface area contributed by atoms with Crippen molar-refractivity contribution in [1.29, 1.82) is 0 Å². The minimum absolute atomic E-state index is 0.796. The van der Waals surface area contributed by atoms with Gasteiger partial charge in [-0.3, -0.25) is 0 Å². The zero-order valence-electron chi connectivity index (χ0n) is 2.62. The fourth-order valence-electron chi connectivity index (χ4n) is 0. The topological polar surface area (TPSA) is 54.4 Å². The van der Waals surface area contributed by atoms with Crippen LogP contribution in [0.25, 0.3) is 0 Å². The SMILES string of the molecule is O=C(O)[C](=O)[Os]. The van der Waals surface area contributed by atoms with Gasteiger partial charge in [0.05, 0.1) is 0 Å². The second kappa shape index (κ2) is 2.04. The average Bonchev–Trinajstić information content (AvgIpc) is 1.36. The molecule has 0 bridgehead atoms. The van der Waals surface area contributed by atoms with Crippen molar-refractivity contribution in [3.63, 3.8) is 0 Å². The fraction of sp³-hybridized carbons (Fsp3) is 0. The zero-order chi connectivity index (χ0) is 5.15. The van der Waals surface area contributed by atoms with Gasteiger partial charge in [-0.15, -0.1) is 0 Å². The van der Waals surface area contributed by atoms with E-state index in [0.717, 1.165) is 18.6 Å². The van der Waals surface area contributed by atoms with E-state index >= 15 is 0 Å². The van der Waals surface area contributed by atoms with E-state index in [2.05, 4.69) is 0 Å². The molecule has 6 heavy (non-hydrogen) atoms. The van der Waals surface area contributed by atoms with Crippen LogP contribution in [0, 0.1) is 0 Å². The summed E-state index contributed by atoms with van der Waals surface area (Å²) in [5.74, 6) is -1.37. The molecule has 0 aliphatic rings. The summed E-state index contributed by atoms with van der Waals surface area (Å²) in [6.07, 6.45) is 0. The van der Waals surface area contributed by atoms with Crippen molar-refractivity contribution in [1.82, 2.24) is 0 Å². The number of hydrogen-bond acceptors (Lipinski definition) is 2. The van der Waals surface area contributed by atoms with E-state index in [4.69, 9.17) is 5.11 Å². The van der Waals surface area contributed by atoms with Crippen LogP contribution < -0.4 is 0 Å². The third-order valence-corrected chi connectivity index (χ3v) is 0.706. The van der Waals surface area contributed by atoms with Gasteiger partial charge in [0.25, 0.3) is 0 Å². The summed E-state index contributed by atoms with van der Waals surface area (Å²) in [6, 6.07) is 0. The van der Waals surface area contributed by atoms with Crippen LogP contribution in [0.2, 0.25) is 0 Å². The van der Waals surface area contributed by atoms with Gasteiger partial charge in [0.2, 0.25) is 0 Å². The number of carbonyl (C=O) groups excluding carboxylic acids is 1. The molecule has 0 radical (unpaired) electrons. The van der Waals surface area contributed by atoms with Crippen LogP contribution in [0.4, 0.5) is 0 Å². The first-order valence-corrected chi connectivity index (χ1v) is 2.33. The van der Waals surface area contributed by atoms with Gasteiger partial charge in [-0.1, -0.05) is 0 Å². The third kappa shape index (κ3) is 2.04. The average molecular weight is 263 g/mol. The molecule has 0 aromatic heterocycles. The quantitative estimate of drug-likeness (QED) is 0.627. The van der Waals surface area contributed by atoms with E-state index in [1.807, 2.05) is 0 Å². The first-order chi connectivity index (χ1) is 2.64. The molecule has 1 N–H and O–H groups in total. The van der Waals surface area contributed by atoms with Crippen LogP contribution in [0.15, 0.2) is 0 Å². The van der Waals surface area contributed by atoms with Crippen LogP contribution in [-0.4, -0.2) is 15.4 Å². The van der Waals surface area contributed by atoms with Gasteiger partial charge in [0.1, 0.15) is 0 Å². The third-order valence-electron chi connectivity index (χ3n) is 0.163. The van der Waals surface area contributed by atoms with E-state index in [-0.39, 0.29) is 0 Å². The van der Waals surface area contributed by atoms with Crippen molar-refractivity contribution in [2.45, 2.75) is 0 Å².